The summed E-state index contributed by atoms with van der Waals surface area (Å²) in [6.07, 6.45) is 0.648. The van der Waals surface area contributed by atoms with E-state index >= 15 is 0 Å². The Hall–Kier alpha value is -1.85. The van der Waals surface area contributed by atoms with Crippen LogP contribution in [-0.2, 0) is 23.8 Å². The van der Waals surface area contributed by atoms with Crippen molar-refractivity contribution in [3.63, 3.8) is 0 Å². The SMILES string of the molecule is CCCC(O)c1cn([C@@H]2C(C)[C@@H](Sc3ccc(Cl)c(Cl)c3)OC(COC(C)=O)[C@@H]2OC(C)=O)nn1. The van der Waals surface area contributed by atoms with Crippen molar-refractivity contribution in [3.05, 3.63) is 40.1 Å². The predicted molar refractivity (Wildman–Crippen MR) is 131 cm³/mol. The lowest BCUT2D eigenvalue weighted by Gasteiger charge is -2.44. The lowest BCUT2D eigenvalue weighted by molar-refractivity contribution is -0.191. The summed E-state index contributed by atoms with van der Waals surface area (Å²) >= 11 is 13.7. The molecule has 0 radical (unpaired) electrons. The molecule has 2 heterocycles. The zero-order valence-corrected chi connectivity index (χ0v) is 22.2. The van der Waals surface area contributed by atoms with Crippen molar-refractivity contribution in [1.82, 2.24) is 15.0 Å². The van der Waals surface area contributed by atoms with E-state index in [4.69, 9.17) is 37.4 Å². The van der Waals surface area contributed by atoms with Crippen LogP contribution in [0.3, 0.4) is 0 Å². The van der Waals surface area contributed by atoms with Crippen molar-refractivity contribution in [2.24, 2.45) is 5.92 Å². The van der Waals surface area contributed by atoms with Gasteiger partial charge < -0.3 is 19.3 Å². The van der Waals surface area contributed by atoms with Gasteiger partial charge in [-0.25, -0.2) is 4.68 Å². The molecule has 9 nitrogen and oxygen atoms in total. The molecule has 35 heavy (non-hydrogen) atoms. The Labute approximate surface area is 218 Å². The maximum Gasteiger partial charge on any atom is 0.303 e. The van der Waals surface area contributed by atoms with Gasteiger partial charge in [-0.05, 0) is 24.6 Å². The van der Waals surface area contributed by atoms with E-state index in [2.05, 4.69) is 10.3 Å². The third kappa shape index (κ3) is 7.10. The standard InChI is InChI=1S/C23H29Cl2N3O6S/c1-5-6-19(31)18-10-28(27-26-18)21-12(2)23(35-15-7-8-16(24)17(25)9-15)34-20(11-32-13(3)29)22(21)33-14(4)30/h7-10,12,19-23,31H,5-6,11H2,1-4H3/t12?,19?,20?,21-,22+,23-/m1/s1. The number of thioether (sulfide) groups is 1. The monoisotopic (exact) mass is 545 g/mol. The highest BCUT2D eigenvalue weighted by Crippen LogP contribution is 2.44. The number of ether oxygens (including phenoxy) is 3. The van der Waals surface area contributed by atoms with E-state index in [1.54, 1.807) is 23.0 Å². The first kappa shape index (κ1) is 27.7. The third-order valence-electron chi connectivity index (χ3n) is 5.61. The van der Waals surface area contributed by atoms with Gasteiger partial charge in [-0.3, -0.25) is 9.59 Å². The van der Waals surface area contributed by atoms with Gasteiger partial charge in [0.1, 0.15) is 23.8 Å². The van der Waals surface area contributed by atoms with Crippen LogP contribution in [0.4, 0.5) is 0 Å². The minimum Gasteiger partial charge on any atom is -0.463 e. The van der Waals surface area contributed by atoms with Crippen LogP contribution in [0, 0.1) is 5.92 Å². The Bertz CT molecular complexity index is 1040. The van der Waals surface area contributed by atoms with Crippen LogP contribution in [0.25, 0.3) is 0 Å². The number of aromatic nitrogens is 3. The van der Waals surface area contributed by atoms with Crippen molar-refractivity contribution >= 4 is 46.9 Å². The smallest absolute Gasteiger partial charge is 0.303 e. The van der Waals surface area contributed by atoms with E-state index in [9.17, 15) is 14.7 Å². The van der Waals surface area contributed by atoms with Gasteiger partial charge in [0.05, 0.1) is 28.4 Å². The first-order valence-corrected chi connectivity index (χ1v) is 12.9. The summed E-state index contributed by atoms with van der Waals surface area (Å²) in [4.78, 5) is 24.4. The molecule has 1 N–H and O–H groups in total. The van der Waals surface area contributed by atoms with E-state index in [1.165, 1.54) is 25.6 Å². The average molecular weight is 546 g/mol. The predicted octanol–water partition coefficient (Wildman–Crippen LogP) is 4.61. The molecule has 0 bridgehead atoms. The van der Waals surface area contributed by atoms with E-state index < -0.39 is 41.7 Å². The molecule has 192 valence electrons. The molecule has 12 heteroatoms. The van der Waals surface area contributed by atoms with Gasteiger partial charge in [-0.1, -0.05) is 60.4 Å². The fourth-order valence-electron chi connectivity index (χ4n) is 3.95. The number of rotatable bonds is 9. The topological polar surface area (TPSA) is 113 Å². The number of hydrogen-bond acceptors (Lipinski definition) is 9. The van der Waals surface area contributed by atoms with Crippen LogP contribution < -0.4 is 0 Å². The summed E-state index contributed by atoms with van der Waals surface area (Å²) in [6.45, 7) is 6.40. The number of esters is 2. The van der Waals surface area contributed by atoms with Crippen LogP contribution in [0.15, 0.2) is 29.3 Å². The molecule has 3 rings (SSSR count). The van der Waals surface area contributed by atoms with Crippen molar-refractivity contribution in [2.75, 3.05) is 6.61 Å². The van der Waals surface area contributed by atoms with Crippen LogP contribution in [0.1, 0.15) is 58.4 Å². The fraction of sp³-hybridized carbons (Fsp3) is 0.565. The summed E-state index contributed by atoms with van der Waals surface area (Å²) in [5, 5.41) is 19.6. The molecule has 1 aliphatic rings. The van der Waals surface area contributed by atoms with Gasteiger partial charge in [0.25, 0.3) is 0 Å². The first-order chi connectivity index (χ1) is 16.6. The number of carbonyl (C=O) groups excluding carboxylic acids is 2. The Morgan fingerprint density at radius 2 is 2.00 bits per heavy atom. The van der Waals surface area contributed by atoms with E-state index in [1.807, 2.05) is 19.9 Å². The highest BCUT2D eigenvalue weighted by atomic mass is 35.5. The summed E-state index contributed by atoms with van der Waals surface area (Å²) < 4.78 is 18.8. The largest absolute Gasteiger partial charge is 0.463 e. The average Bonchev–Trinajstić information content (AvgIpc) is 3.27. The maximum atomic E-state index is 12.0. The van der Waals surface area contributed by atoms with Crippen LogP contribution in [0.5, 0.6) is 0 Å². The Kier molecular flexibility index (Phi) is 9.83. The second kappa shape index (κ2) is 12.4. The summed E-state index contributed by atoms with van der Waals surface area (Å²) in [5.41, 5.74) is -0.0184. The van der Waals surface area contributed by atoms with Gasteiger partial charge in [0.2, 0.25) is 0 Å². The molecule has 0 spiro atoms. The highest BCUT2D eigenvalue weighted by Gasteiger charge is 2.48. The number of nitrogens with zero attached hydrogens (tertiary/aromatic N) is 3. The first-order valence-electron chi connectivity index (χ1n) is 11.3. The van der Waals surface area contributed by atoms with Crippen molar-refractivity contribution in [3.8, 4) is 0 Å². The molecule has 1 fully saturated rings. The summed E-state index contributed by atoms with van der Waals surface area (Å²) in [7, 11) is 0. The molecule has 1 aromatic heterocycles. The molecular weight excluding hydrogens is 517 g/mol. The van der Waals surface area contributed by atoms with Crippen molar-refractivity contribution in [2.45, 2.75) is 75.2 Å². The maximum absolute atomic E-state index is 12.0. The van der Waals surface area contributed by atoms with Crippen LogP contribution >= 0.6 is 35.0 Å². The van der Waals surface area contributed by atoms with Crippen molar-refractivity contribution < 1.29 is 28.9 Å². The lowest BCUT2D eigenvalue weighted by Crippen LogP contribution is -2.53. The van der Waals surface area contributed by atoms with Crippen LogP contribution in [0.2, 0.25) is 10.0 Å². The Balaban J connectivity index is 1.97. The number of aliphatic hydroxyl groups excluding tert-OH is 1. The van der Waals surface area contributed by atoms with E-state index in [-0.39, 0.29) is 12.5 Å². The molecule has 3 unspecified atom stereocenters. The quantitative estimate of drug-likeness (QED) is 0.451. The summed E-state index contributed by atoms with van der Waals surface area (Å²) in [6, 6.07) is 4.77. The molecule has 1 aromatic carbocycles. The zero-order valence-electron chi connectivity index (χ0n) is 19.9. The van der Waals surface area contributed by atoms with Gasteiger partial charge in [0, 0.05) is 24.7 Å². The van der Waals surface area contributed by atoms with E-state index in [0.29, 0.717) is 22.2 Å². The summed E-state index contributed by atoms with van der Waals surface area (Å²) in [5.74, 6) is -1.24. The van der Waals surface area contributed by atoms with Gasteiger partial charge in [-0.2, -0.15) is 0 Å². The number of aliphatic hydroxyl groups is 1. The number of benzene rings is 1. The second-order valence-electron chi connectivity index (χ2n) is 8.39. The number of carbonyl (C=O) groups is 2. The lowest BCUT2D eigenvalue weighted by atomic mass is 9.90. The fourth-order valence-corrected chi connectivity index (χ4v) is 5.48. The number of hydrogen-bond donors (Lipinski definition) is 1. The minimum absolute atomic E-state index is 0.116. The molecule has 0 saturated carbocycles. The molecule has 2 aromatic rings. The molecule has 1 aliphatic heterocycles. The van der Waals surface area contributed by atoms with E-state index in [0.717, 1.165) is 11.3 Å². The second-order valence-corrected chi connectivity index (χ2v) is 10.4. The van der Waals surface area contributed by atoms with Gasteiger partial charge in [0.15, 0.2) is 6.10 Å². The molecular formula is C23H29Cl2N3O6S. The Morgan fingerprint density at radius 1 is 1.26 bits per heavy atom. The normalized spacial score (nSPS) is 25.2. The van der Waals surface area contributed by atoms with Gasteiger partial charge >= 0.3 is 11.9 Å². The Morgan fingerprint density at radius 3 is 2.63 bits per heavy atom. The van der Waals surface area contributed by atoms with Gasteiger partial charge in [-0.15, -0.1) is 5.10 Å². The van der Waals surface area contributed by atoms with Crippen molar-refractivity contribution in [1.29, 1.82) is 0 Å². The minimum atomic E-state index is -0.814. The van der Waals surface area contributed by atoms with Crippen LogP contribution in [-0.4, -0.2) is 56.3 Å². The number of halogens is 2. The third-order valence-corrected chi connectivity index (χ3v) is 7.65. The zero-order chi connectivity index (χ0) is 25.7. The highest BCUT2D eigenvalue weighted by molar-refractivity contribution is 7.99. The molecule has 1 saturated heterocycles. The molecule has 0 amide bonds. The molecule has 0 aliphatic carbocycles. The molecule has 6 atom stereocenters.